The van der Waals surface area contributed by atoms with Crippen LogP contribution in [0.3, 0.4) is 0 Å². The Balaban J connectivity index is 2.46. The topological polar surface area (TPSA) is 58.6 Å². The van der Waals surface area contributed by atoms with Gasteiger partial charge in [0.05, 0.1) is 6.04 Å². The lowest BCUT2D eigenvalue weighted by atomic mass is 9.87. The zero-order valence-corrected chi connectivity index (χ0v) is 9.31. The van der Waals surface area contributed by atoms with Crippen LogP contribution < -0.4 is 10.1 Å². The second kappa shape index (κ2) is 3.79. The van der Waals surface area contributed by atoms with Crippen LogP contribution in [0.1, 0.15) is 25.5 Å². The highest BCUT2D eigenvalue weighted by Gasteiger charge is 2.42. The quantitative estimate of drug-likeness (QED) is 0.733. The molecule has 1 heterocycles. The number of aliphatic hydroxyl groups is 1. The molecule has 0 aliphatic carbocycles. The Morgan fingerprint density at radius 2 is 2.12 bits per heavy atom. The van der Waals surface area contributed by atoms with E-state index in [1.807, 2.05) is 24.3 Å². The average Bonchev–Trinajstić information content (AvgIpc) is 2.24. The standard InChI is InChI=1S/C12H15NO3/c1-12(2)11(15)10(13-7-14)8-5-3-4-6-9(8)16-12/h3-7,10-11,15H,1-2H3,(H,13,14)/t10-,11+/m1/s1. The second-order valence-electron chi connectivity index (χ2n) is 4.45. The fourth-order valence-electron chi connectivity index (χ4n) is 2.00. The second-order valence-corrected chi connectivity index (χ2v) is 4.45. The first-order valence-corrected chi connectivity index (χ1v) is 5.22. The fraction of sp³-hybridized carbons (Fsp3) is 0.417. The molecule has 1 aliphatic heterocycles. The number of carbonyl (C=O) groups is 1. The summed E-state index contributed by atoms with van der Waals surface area (Å²) < 4.78 is 5.70. The Hall–Kier alpha value is -1.55. The summed E-state index contributed by atoms with van der Waals surface area (Å²) in [6.07, 6.45) is -0.167. The van der Waals surface area contributed by atoms with Crippen LogP contribution in [0.5, 0.6) is 5.75 Å². The molecule has 0 saturated heterocycles. The summed E-state index contributed by atoms with van der Waals surface area (Å²) in [5.74, 6) is 0.706. The monoisotopic (exact) mass is 221 g/mol. The number of hydrogen-bond acceptors (Lipinski definition) is 3. The van der Waals surface area contributed by atoms with E-state index in [0.717, 1.165) is 5.56 Å². The highest BCUT2D eigenvalue weighted by molar-refractivity contribution is 5.51. The number of fused-ring (bicyclic) bond motifs is 1. The molecule has 1 amide bonds. The molecule has 2 N–H and O–H groups in total. The van der Waals surface area contributed by atoms with Crippen LogP contribution in [0, 0.1) is 0 Å². The molecule has 1 aromatic carbocycles. The lowest BCUT2D eigenvalue weighted by Crippen LogP contribution is -2.52. The first-order chi connectivity index (χ1) is 7.56. The molecule has 0 bridgehead atoms. The molecule has 2 atom stereocenters. The minimum Gasteiger partial charge on any atom is -0.485 e. The summed E-state index contributed by atoms with van der Waals surface area (Å²) in [4.78, 5) is 10.6. The first kappa shape index (κ1) is 11.0. The molecule has 1 aliphatic rings. The van der Waals surface area contributed by atoms with Crippen molar-refractivity contribution in [3.63, 3.8) is 0 Å². The molecule has 0 spiro atoms. The number of benzene rings is 1. The van der Waals surface area contributed by atoms with Gasteiger partial charge >= 0.3 is 0 Å². The molecule has 1 aromatic rings. The van der Waals surface area contributed by atoms with Gasteiger partial charge in [-0.05, 0) is 19.9 Å². The van der Waals surface area contributed by atoms with Crippen molar-refractivity contribution >= 4 is 6.41 Å². The van der Waals surface area contributed by atoms with E-state index in [0.29, 0.717) is 12.2 Å². The average molecular weight is 221 g/mol. The zero-order valence-electron chi connectivity index (χ0n) is 9.31. The maximum Gasteiger partial charge on any atom is 0.207 e. The molecule has 0 unspecified atom stereocenters. The summed E-state index contributed by atoms with van der Waals surface area (Å²) in [5.41, 5.74) is 0.0936. The summed E-state index contributed by atoms with van der Waals surface area (Å²) in [6.45, 7) is 3.60. The number of rotatable bonds is 2. The molecule has 2 rings (SSSR count). The number of carbonyl (C=O) groups excluding carboxylic acids is 1. The third-order valence-corrected chi connectivity index (χ3v) is 2.90. The van der Waals surface area contributed by atoms with E-state index in [1.165, 1.54) is 0 Å². The van der Waals surface area contributed by atoms with E-state index >= 15 is 0 Å². The lowest BCUT2D eigenvalue weighted by molar-refractivity contribution is -0.114. The first-order valence-electron chi connectivity index (χ1n) is 5.22. The van der Waals surface area contributed by atoms with Crippen molar-refractivity contribution in [3.05, 3.63) is 29.8 Å². The number of aliphatic hydroxyl groups excluding tert-OH is 1. The Morgan fingerprint density at radius 3 is 2.81 bits per heavy atom. The normalized spacial score (nSPS) is 26.4. The molecular weight excluding hydrogens is 206 g/mol. The SMILES string of the molecule is CC1(C)Oc2ccccc2[C@@H](NC=O)[C@@H]1O. The van der Waals surface area contributed by atoms with Gasteiger partial charge in [-0.3, -0.25) is 4.79 Å². The van der Waals surface area contributed by atoms with E-state index in [2.05, 4.69) is 5.32 Å². The predicted octanol–water partition coefficient (Wildman–Crippen LogP) is 1.01. The summed E-state index contributed by atoms with van der Waals surface area (Å²) in [5, 5.41) is 12.8. The predicted molar refractivity (Wildman–Crippen MR) is 59.1 cm³/mol. The van der Waals surface area contributed by atoms with Crippen molar-refractivity contribution in [1.29, 1.82) is 0 Å². The van der Waals surface area contributed by atoms with Crippen molar-refractivity contribution in [2.75, 3.05) is 0 Å². The van der Waals surface area contributed by atoms with Crippen LogP contribution in [-0.4, -0.2) is 23.2 Å². The van der Waals surface area contributed by atoms with Gasteiger partial charge in [-0.25, -0.2) is 0 Å². The molecule has 0 fully saturated rings. The summed E-state index contributed by atoms with van der Waals surface area (Å²) in [6, 6.07) is 6.98. The summed E-state index contributed by atoms with van der Waals surface area (Å²) >= 11 is 0. The molecule has 4 heteroatoms. The van der Waals surface area contributed by atoms with Gasteiger partial charge < -0.3 is 15.2 Å². The molecule has 86 valence electrons. The van der Waals surface area contributed by atoms with Gasteiger partial charge in [0, 0.05) is 5.56 Å². The van der Waals surface area contributed by atoms with Crippen LogP contribution >= 0.6 is 0 Å². The van der Waals surface area contributed by atoms with Gasteiger partial charge in [0.2, 0.25) is 6.41 Å². The highest BCUT2D eigenvalue weighted by Crippen LogP contribution is 2.39. The van der Waals surface area contributed by atoms with Crippen LogP contribution in [0.2, 0.25) is 0 Å². The van der Waals surface area contributed by atoms with E-state index in [1.54, 1.807) is 13.8 Å². The van der Waals surface area contributed by atoms with E-state index in [9.17, 15) is 9.90 Å². The molecule has 16 heavy (non-hydrogen) atoms. The van der Waals surface area contributed by atoms with Crippen LogP contribution in [-0.2, 0) is 4.79 Å². The van der Waals surface area contributed by atoms with Gasteiger partial charge in [0.25, 0.3) is 0 Å². The van der Waals surface area contributed by atoms with Crippen molar-refractivity contribution < 1.29 is 14.6 Å². The lowest BCUT2D eigenvalue weighted by Gasteiger charge is -2.41. The molecule has 4 nitrogen and oxygen atoms in total. The maximum atomic E-state index is 10.6. The van der Waals surface area contributed by atoms with Crippen molar-refractivity contribution in [2.24, 2.45) is 0 Å². The Bertz CT molecular complexity index is 403. The summed E-state index contributed by atoms with van der Waals surface area (Å²) in [7, 11) is 0. The zero-order chi connectivity index (χ0) is 11.8. The number of hydrogen-bond donors (Lipinski definition) is 2. The number of amides is 1. The van der Waals surface area contributed by atoms with E-state index in [4.69, 9.17) is 4.74 Å². The van der Waals surface area contributed by atoms with Crippen molar-refractivity contribution in [1.82, 2.24) is 5.32 Å². The van der Waals surface area contributed by atoms with Gasteiger partial charge in [-0.15, -0.1) is 0 Å². The van der Waals surface area contributed by atoms with Gasteiger partial charge in [0.15, 0.2) is 0 Å². The van der Waals surface area contributed by atoms with Crippen molar-refractivity contribution in [3.8, 4) is 5.75 Å². The smallest absolute Gasteiger partial charge is 0.207 e. The van der Waals surface area contributed by atoms with Crippen LogP contribution in [0.25, 0.3) is 0 Å². The fourth-order valence-corrected chi connectivity index (χ4v) is 2.00. The largest absolute Gasteiger partial charge is 0.485 e. The Morgan fingerprint density at radius 1 is 1.44 bits per heavy atom. The molecule has 0 radical (unpaired) electrons. The number of para-hydroxylation sites is 1. The highest BCUT2D eigenvalue weighted by atomic mass is 16.5. The van der Waals surface area contributed by atoms with E-state index < -0.39 is 17.7 Å². The molecule has 0 aromatic heterocycles. The van der Waals surface area contributed by atoms with Crippen molar-refractivity contribution in [2.45, 2.75) is 31.6 Å². The van der Waals surface area contributed by atoms with Crippen LogP contribution in [0.15, 0.2) is 24.3 Å². The molecule has 0 saturated carbocycles. The number of ether oxygens (including phenoxy) is 1. The third-order valence-electron chi connectivity index (χ3n) is 2.90. The van der Waals surface area contributed by atoms with Gasteiger partial charge in [-0.1, -0.05) is 18.2 Å². The van der Waals surface area contributed by atoms with Gasteiger partial charge in [-0.2, -0.15) is 0 Å². The minimum atomic E-state index is -0.771. The third kappa shape index (κ3) is 1.65. The Labute approximate surface area is 94.2 Å². The number of nitrogens with one attached hydrogen (secondary N) is 1. The molecular formula is C12H15NO3. The van der Waals surface area contributed by atoms with Gasteiger partial charge in [0.1, 0.15) is 17.5 Å². The minimum absolute atomic E-state index is 0.419. The van der Waals surface area contributed by atoms with Crippen LogP contribution in [0.4, 0.5) is 0 Å². The van der Waals surface area contributed by atoms with E-state index in [-0.39, 0.29) is 0 Å². The Kier molecular flexibility index (Phi) is 2.59. The maximum absolute atomic E-state index is 10.6.